The van der Waals surface area contributed by atoms with Crippen molar-refractivity contribution in [1.82, 2.24) is 15.2 Å². The molecule has 3 N–H and O–H groups in total. The number of nitrogens with zero attached hydrogens (tertiary/aromatic N) is 1. The van der Waals surface area contributed by atoms with E-state index in [0.29, 0.717) is 12.0 Å². The number of hydrogen-bond acceptors (Lipinski definition) is 3. The molecule has 1 atom stereocenters. The van der Waals surface area contributed by atoms with Gasteiger partial charge in [0.1, 0.15) is 0 Å². The molecule has 0 bridgehead atoms. The Morgan fingerprint density at radius 3 is 2.69 bits per heavy atom. The van der Waals surface area contributed by atoms with Gasteiger partial charge >= 0.3 is 0 Å². The Morgan fingerprint density at radius 2 is 1.97 bits per heavy atom. The lowest BCUT2D eigenvalue weighted by atomic mass is 9.95. The highest BCUT2D eigenvalue weighted by molar-refractivity contribution is 6.34. The molecule has 152 valence electrons. The molecule has 0 saturated carbocycles. The molecule has 1 aromatic carbocycles. The van der Waals surface area contributed by atoms with E-state index in [-0.39, 0.29) is 17.7 Å². The second-order valence-corrected chi connectivity index (χ2v) is 7.80. The molecule has 4 rings (SSSR count). The Bertz CT molecular complexity index is 956. The largest absolute Gasteiger partial charge is 0.361 e. The molecule has 2 amide bonds. The van der Waals surface area contributed by atoms with Crippen molar-refractivity contribution in [3.63, 3.8) is 0 Å². The van der Waals surface area contributed by atoms with E-state index >= 15 is 0 Å². The van der Waals surface area contributed by atoms with E-state index in [1.54, 1.807) is 0 Å². The Kier molecular flexibility index (Phi) is 5.53. The van der Waals surface area contributed by atoms with E-state index in [1.165, 1.54) is 5.56 Å². The summed E-state index contributed by atoms with van der Waals surface area (Å²) in [4.78, 5) is 30.1. The number of amides is 2. The number of H-pyrrole nitrogens is 1. The maximum atomic E-state index is 12.6. The number of hydrogen-bond donors (Lipinski definition) is 3. The fraction of sp³-hybridized carbons (Fsp3) is 0.391. The van der Waals surface area contributed by atoms with Crippen LogP contribution in [0, 0.1) is 5.92 Å². The smallest absolute Gasteiger partial charge is 0.256 e. The van der Waals surface area contributed by atoms with Crippen molar-refractivity contribution < 1.29 is 9.59 Å². The number of carbonyl (C=O) groups is 2. The van der Waals surface area contributed by atoms with Crippen LogP contribution in [0.3, 0.4) is 0 Å². The van der Waals surface area contributed by atoms with Crippen LogP contribution in [-0.4, -0.2) is 41.3 Å². The molecule has 0 spiro atoms. The normalized spacial score (nSPS) is 19.7. The first kappa shape index (κ1) is 19.5. The number of carbonyl (C=O) groups excluding carboxylic acids is 2. The van der Waals surface area contributed by atoms with Gasteiger partial charge in [-0.25, -0.2) is 0 Å². The Labute approximate surface area is 171 Å². The van der Waals surface area contributed by atoms with Crippen LogP contribution in [-0.2, 0) is 22.6 Å². The molecule has 1 aromatic heterocycles. The summed E-state index contributed by atoms with van der Waals surface area (Å²) in [6.07, 6.45) is 5.50. The number of anilines is 1. The van der Waals surface area contributed by atoms with Gasteiger partial charge in [0.05, 0.1) is 5.57 Å². The molecule has 0 radical (unpaired) electrons. The predicted molar refractivity (Wildman–Crippen MR) is 115 cm³/mol. The first-order chi connectivity index (χ1) is 14.1. The third-order valence-corrected chi connectivity index (χ3v) is 5.88. The molecule has 1 saturated heterocycles. The van der Waals surface area contributed by atoms with E-state index in [0.717, 1.165) is 55.1 Å². The molecule has 0 aliphatic carbocycles. The highest BCUT2D eigenvalue weighted by Crippen LogP contribution is 2.34. The van der Waals surface area contributed by atoms with Crippen molar-refractivity contribution in [1.29, 1.82) is 0 Å². The molecule has 2 aliphatic heterocycles. The number of aromatic nitrogens is 1. The first-order valence-electron chi connectivity index (χ1n) is 10.4. The van der Waals surface area contributed by atoms with Crippen molar-refractivity contribution in [2.45, 2.75) is 33.2 Å². The van der Waals surface area contributed by atoms with Gasteiger partial charge in [0.2, 0.25) is 5.91 Å². The number of rotatable bonds is 7. The molecular formula is C23H28N4O2. The minimum Gasteiger partial charge on any atom is -0.361 e. The van der Waals surface area contributed by atoms with Crippen molar-refractivity contribution in [3.05, 3.63) is 52.8 Å². The van der Waals surface area contributed by atoms with Crippen LogP contribution >= 0.6 is 0 Å². The van der Waals surface area contributed by atoms with E-state index in [1.807, 2.05) is 30.5 Å². The summed E-state index contributed by atoms with van der Waals surface area (Å²) < 4.78 is 0. The second-order valence-electron chi connectivity index (χ2n) is 7.80. The second kappa shape index (κ2) is 8.25. The topological polar surface area (TPSA) is 77.2 Å². The summed E-state index contributed by atoms with van der Waals surface area (Å²) in [6, 6.07) is 8.09. The maximum Gasteiger partial charge on any atom is 0.256 e. The van der Waals surface area contributed by atoms with Gasteiger partial charge < -0.3 is 15.6 Å². The van der Waals surface area contributed by atoms with Gasteiger partial charge in [-0.05, 0) is 61.3 Å². The third kappa shape index (κ3) is 4.12. The summed E-state index contributed by atoms with van der Waals surface area (Å²) in [5.41, 5.74) is 5.61. The summed E-state index contributed by atoms with van der Waals surface area (Å²) >= 11 is 0. The molecule has 29 heavy (non-hydrogen) atoms. The van der Waals surface area contributed by atoms with Crippen LogP contribution in [0.4, 0.5) is 5.69 Å². The number of nitrogens with one attached hydrogen (secondary N) is 3. The number of benzene rings is 1. The molecule has 2 aromatic rings. The predicted octanol–water partition coefficient (Wildman–Crippen LogP) is 3.03. The van der Waals surface area contributed by atoms with Crippen molar-refractivity contribution in [2.75, 3.05) is 25.0 Å². The summed E-state index contributed by atoms with van der Waals surface area (Å²) in [5, 5.41) is 5.84. The average Bonchev–Trinajstić information content (AvgIpc) is 3.41. The van der Waals surface area contributed by atoms with Crippen molar-refractivity contribution in [2.24, 2.45) is 5.92 Å². The van der Waals surface area contributed by atoms with E-state index < -0.39 is 0 Å². The zero-order valence-electron chi connectivity index (χ0n) is 17.0. The minimum atomic E-state index is -0.0874. The summed E-state index contributed by atoms with van der Waals surface area (Å²) in [6.45, 7) is 7.98. The van der Waals surface area contributed by atoms with Crippen LogP contribution in [0.15, 0.2) is 30.5 Å². The zero-order valence-corrected chi connectivity index (χ0v) is 17.0. The van der Waals surface area contributed by atoms with E-state index in [2.05, 4.69) is 40.4 Å². The molecule has 3 heterocycles. The maximum absolute atomic E-state index is 12.6. The lowest BCUT2D eigenvalue weighted by Gasteiger charge is -2.16. The number of aromatic amines is 1. The van der Waals surface area contributed by atoms with Gasteiger partial charge in [-0.3, -0.25) is 14.5 Å². The first-order valence-corrected chi connectivity index (χ1v) is 10.4. The van der Waals surface area contributed by atoms with Crippen molar-refractivity contribution >= 4 is 29.2 Å². The third-order valence-electron chi connectivity index (χ3n) is 5.88. The highest BCUT2D eigenvalue weighted by Gasteiger charge is 2.27. The fourth-order valence-corrected chi connectivity index (χ4v) is 4.12. The Balaban J connectivity index is 1.56. The quantitative estimate of drug-likeness (QED) is 0.634. The van der Waals surface area contributed by atoms with Gasteiger partial charge in [-0.1, -0.05) is 19.9 Å². The zero-order chi connectivity index (χ0) is 20.4. The van der Waals surface area contributed by atoms with E-state index in [9.17, 15) is 9.59 Å². The molecule has 2 aliphatic rings. The van der Waals surface area contributed by atoms with E-state index in [4.69, 9.17) is 0 Å². The van der Waals surface area contributed by atoms with Crippen LogP contribution in [0.1, 0.15) is 42.7 Å². The fourth-order valence-electron chi connectivity index (χ4n) is 4.12. The SMILES string of the molecule is CCN(CC)Cc1c[nH]c(C=C2C(=O)Nc3ccc(CC4CCNC4=O)cc32)c1. The Hall–Kier alpha value is -2.86. The van der Waals surface area contributed by atoms with Crippen LogP contribution in [0.2, 0.25) is 0 Å². The van der Waals surface area contributed by atoms with Crippen LogP contribution in [0.25, 0.3) is 11.6 Å². The average molecular weight is 393 g/mol. The molecular weight excluding hydrogens is 364 g/mol. The highest BCUT2D eigenvalue weighted by atomic mass is 16.2. The van der Waals surface area contributed by atoms with Gasteiger partial charge in [-0.15, -0.1) is 0 Å². The monoisotopic (exact) mass is 392 g/mol. The summed E-state index contributed by atoms with van der Waals surface area (Å²) in [5.74, 6) is 0.0646. The van der Waals surface area contributed by atoms with Crippen LogP contribution < -0.4 is 10.6 Å². The number of fused-ring (bicyclic) bond motifs is 1. The molecule has 1 fully saturated rings. The van der Waals surface area contributed by atoms with Crippen LogP contribution in [0.5, 0.6) is 0 Å². The summed E-state index contributed by atoms with van der Waals surface area (Å²) in [7, 11) is 0. The van der Waals surface area contributed by atoms with Gasteiger partial charge in [0.15, 0.2) is 0 Å². The Morgan fingerprint density at radius 1 is 1.14 bits per heavy atom. The lowest BCUT2D eigenvalue weighted by Crippen LogP contribution is -2.21. The molecule has 6 heteroatoms. The van der Waals surface area contributed by atoms with Gasteiger partial charge in [-0.2, -0.15) is 0 Å². The lowest BCUT2D eigenvalue weighted by molar-refractivity contribution is -0.122. The van der Waals surface area contributed by atoms with Gasteiger partial charge in [0, 0.05) is 42.1 Å². The molecule has 6 nitrogen and oxygen atoms in total. The van der Waals surface area contributed by atoms with Gasteiger partial charge in [0.25, 0.3) is 5.91 Å². The minimum absolute atomic E-state index is 0.0246. The van der Waals surface area contributed by atoms with Crippen molar-refractivity contribution in [3.8, 4) is 0 Å². The molecule has 1 unspecified atom stereocenters. The standard InChI is InChI=1S/C23H28N4O2/c1-3-27(4-2)14-16-10-18(25-13-16)12-20-19-11-15(5-6-21(19)26-23(20)29)9-17-7-8-24-22(17)28/h5-6,10-13,17,25H,3-4,7-9,14H2,1-2H3,(H,24,28)(H,26,29).